The monoisotopic (exact) mass is 373 g/mol. The molecule has 1 atom stereocenters. The largest absolute Gasteiger partial charge is 0.496 e. The van der Waals surface area contributed by atoms with Crippen molar-refractivity contribution in [3.63, 3.8) is 0 Å². The first-order valence-electron chi connectivity index (χ1n) is 9.17. The van der Waals surface area contributed by atoms with Gasteiger partial charge in [0.2, 0.25) is 0 Å². The Hall–Kier alpha value is -3.54. The van der Waals surface area contributed by atoms with Crippen LogP contribution >= 0.6 is 0 Å². The summed E-state index contributed by atoms with van der Waals surface area (Å²) in [5.41, 5.74) is 2.73. The van der Waals surface area contributed by atoms with Crippen LogP contribution in [0.25, 0.3) is 22.2 Å². The molecule has 3 heterocycles. The average molecular weight is 373 g/mol. The molecule has 2 aliphatic rings. The zero-order valence-corrected chi connectivity index (χ0v) is 15.4. The van der Waals surface area contributed by atoms with Crippen LogP contribution in [0.5, 0.6) is 5.75 Å². The van der Waals surface area contributed by atoms with Gasteiger partial charge in [0.1, 0.15) is 11.6 Å². The molecule has 0 fully saturated rings. The first-order chi connectivity index (χ1) is 13.7. The van der Waals surface area contributed by atoms with E-state index < -0.39 is 0 Å². The van der Waals surface area contributed by atoms with E-state index in [-0.39, 0.29) is 5.43 Å². The van der Waals surface area contributed by atoms with E-state index in [1.807, 2.05) is 6.07 Å². The van der Waals surface area contributed by atoms with E-state index in [1.54, 1.807) is 25.4 Å². The fraction of sp³-hybridized carbons (Fsp3) is 0.182. The second-order valence-corrected chi connectivity index (χ2v) is 6.94. The molecule has 1 aromatic carbocycles. The number of aromatic nitrogens is 2. The molecule has 0 bridgehead atoms. The van der Waals surface area contributed by atoms with Crippen LogP contribution in [-0.2, 0) is 0 Å². The number of methoxy groups -OCH3 is 1. The number of ether oxygens (including phenoxy) is 1. The molecular weight excluding hydrogens is 354 g/mol. The van der Waals surface area contributed by atoms with Gasteiger partial charge >= 0.3 is 0 Å². The molecule has 1 aliphatic heterocycles. The molecule has 1 aliphatic carbocycles. The third-order valence-electron chi connectivity index (χ3n) is 5.31. The summed E-state index contributed by atoms with van der Waals surface area (Å²) in [7, 11) is 1.60. The molecule has 28 heavy (non-hydrogen) atoms. The van der Waals surface area contributed by atoms with Crippen LogP contribution in [0.4, 0.5) is 5.82 Å². The molecule has 0 radical (unpaired) electrons. The minimum atomic E-state index is -0.0407. The first kappa shape index (κ1) is 16.6. The van der Waals surface area contributed by atoms with E-state index >= 15 is 0 Å². The fourth-order valence-corrected chi connectivity index (χ4v) is 3.85. The van der Waals surface area contributed by atoms with E-state index in [0.717, 1.165) is 24.4 Å². The van der Waals surface area contributed by atoms with E-state index in [2.05, 4.69) is 45.2 Å². The van der Waals surface area contributed by atoms with Crippen molar-refractivity contribution in [2.24, 2.45) is 5.92 Å². The van der Waals surface area contributed by atoms with E-state index in [1.165, 1.54) is 12.0 Å². The van der Waals surface area contributed by atoms with Crippen LogP contribution in [0.3, 0.4) is 0 Å². The number of hydrogen-bond acceptors (Lipinski definition) is 5. The number of allylic oxidation sites excluding steroid dienone is 3. The number of aromatic amines is 1. The second kappa shape index (κ2) is 6.56. The van der Waals surface area contributed by atoms with Crippen LogP contribution in [0, 0.1) is 5.92 Å². The Morgan fingerprint density at radius 3 is 3.04 bits per heavy atom. The van der Waals surface area contributed by atoms with Crippen molar-refractivity contribution in [2.45, 2.75) is 0 Å². The summed E-state index contributed by atoms with van der Waals surface area (Å²) in [5, 5.41) is 0.588. The van der Waals surface area contributed by atoms with Crippen LogP contribution in [-0.4, -0.2) is 30.2 Å². The lowest BCUT2D eigenvalue weighted by Crippen LogP contribution is -2.35. The Labute approximate surface area is 161 Å². The predicted octanol–water partition coefficient (Wildman–Crippen LogP) is 3.68. The molecule has 0 amide bonds. The van der Waals surface area contributed by atoms with Gasteiger partial charge in [-0.3, -0.25) is 4.79 Å². The lowest BCUT2D eigenvalue weighted by Gasteiger charge is -2.33. The highest BCUT2D eigenvalue weighted by molar-refractivity contribution is 5.88. The van der Waals surface area contributed by atoms with Gasteiger partial charge in [-0.2, -0.15) is 0 Å². The molecule has 2 aromatic heterocycles. The lowest BCUT2D eigenvalue weighted by molar-refractivity contribution is 0.415. The molecule has 0 spiro atoms. The summed E-state index contributed by atoms with van der Waals surface area (Å²) in [5.74, 6) is 2.35. The number of oxazole rings is 1. The number of H-pyrrole nitrogens is 1. The van der Waals surface area contributed by atoms with Crippen molar-refractivity contribution in [3.8, 4) is 17.1 Å². The average Bonchev–Trinajstić information content (AvgIpc) is 3.27. The number of nitrogens with one attached hydrogen (secondary N) is 1. The van der Waals surface area contributed by atoms with E-state index in [9.17, 15) is 4.79 Å². The Balaban J connectivity index is 1.58. The molecule has 3 aromatic rings. The highest BCUT2D eigenvalue weighted by Crippen LogP contribution is 2.33. The van der Waals surface area contributed by atoms with Gasteiger partial charge in [-0.1, -0.05) is 30.4 Å². The van der Waals surface area contributed by atoms with Crippen LogP contribution in [0.1, 0.15) is 0 Å². The first-order valence-corrected chi connectivity index (χ1v) is 9.17. The molecule has 140 valence electrons. The summed E-state index contributed by atoms with van der Waals surface area (Å²) in [6.45, 7) is 1.60. The Morgan fingerprint density at radius 2 is 2.21 bits per heavy atom. The number of anilines is 1. The van der Waals surface area contributed by atoms with Gasteiger partial charge in [0.05, 0.1) is 24.4 Å². The molecule has 6 heteroatoms. The maximum atomic E-state index is 12.9. The summed E-state index contributed by atoms with van der Waals surface area (Å²) in [4.78, 5) is 22.4. The molecule has 1 unspecified atom stereocenters. The zero-order valence-electron chi connectivity index (χ0n) is 15.4. The van der Waals surface area contributed by atoms with E-state index in [4.69, 9.17) is 9.15 Å². The number of nitrogens with zero attached hydrogens (tertiary/aromatic N) is 2. The van der Waals surface area contributed by atoms with Gasteiger partial charge in [-0.15, -0.1) is 0 Å². The molecule has 0 saturated heterocycles. The lowest BCUT2D eigenvalue weighted by atomic mass is 9.91. The maximum absolute atomic E-state index is 12.9. The number of rotatable bonds is 3. The predicted molar refractivity (Wildman–Crippen MR) is 109 cm³/mol. The molecule has 1 N–H and O–H groups in total. The minimum Gasteiger partial charge on any atom is -0.496 e. The number of fused-ring (bicyclic) bond motifs is 2. The minimum absolute atomic E-state index is 0.0407. The number of pyridine rings is 1. The van der Waals surface area contributed by atoms with Gasteiger partial charge in [0.15, 0.2) is 17.6 Å². The molecule has 0 saturated carbocycles. The van der Waals surface area contributed by atoms with E-state index in [0.29, 0.717) is 28.4 Å². The molecular formula is C22H19N3O3. The SMILES string of the molecule is COc1cc2[nH]c(N3CC=C4C=CC=CC4C3)cc(=O)c2cc1-c1cnco1. The standard InChI is InChI=1S/C22H19N3O3/c1-27-20-9-18-16(8-17(20)21-11-23-13-28-21)19(26)10-22(24-18)25-7-6-14-4-2-3-5-15(14)12-25/h2-6,8-11,13,15H,7,12H2,1H3,(H,24,26). The summed E-state index contributed by atoms with van der Waals surface area (Å²) in [6.07, 6.45) is 13.7. The van der Waals surface area contributed by atoms with Crippen LogP contribution < -0.4 is 15.1 Å². The summed E-state index contributed by atoms with van der Waals surface area (Å²) >= 11 is 0. The third kappa shape index (κ3) is 2.74. The van der Waals surface area contributed by atoms with Crippen molar-refractivity contribution in [1.82, 2.24) is 9.97 Å². The smallest absolute Gasteiger partial charge is 0.191 e. The van der Waals surface area contributed by atoms with Crippen LogP contribution in [0.15, 0.2) is 76.0 Å². The Kier molecular flexibility index (Phi) is 3.90. The zero-order chi connectivity index (χ0) is 19.1. The molecule has 6 nitrogen and oxygen atoms in total. The van der Waals surface area contributed by atoms with Gasteiger partial charge in [-0.05, 0) is 11.6 Å². The third-order valence-corrected chi connectivity index (χ3v) is 5.31. The Morgan fingerprint density at radius 1 is 1.29 bits per heavy atom. The van der Waals surface area contributed by atoms with Crippen LogP contribution in [0.2, 0.25) is 0 Å². The second-order valence-electron chi connectivity index (χ2n) is 6.94. The van der Waals surface area contributed by atoms with Gasteiger partial charge in [0, 0.05) is 36.5 Å². The number of benzene rings is 1. The normalized spacial score (nSPS) is 18.2. The summed E-state index contributed by atoms with van der Waals surface area (Å²) in [6, 6.07) is 5.30. The van der Waals surface area contributed by atoms with Crippen molar-refractivity contribution < 1.29 is 9.15 Å². The maximum Gasteiger partial charge on any atom is 0.191 e. The highest BCUT2D eigenvalue weighted by Gasteiger charge is 2.22. The van der Waals surface area contributed by atoms with Gasteiger partial charge in [-0.25, -0.2) is 4.98 Å². The highest BCUT2D eigenvalue weighted by atomic mass is 16.5. The topological polar surface area (TPSA) is 71.4 Å². The summed E-state index contributed by atoms with van der Waals surface area (Å²) < 4.78 is 10.9. The number of hydrogen-bond donors (Lipinski definition) is 1. The molecule has 5 rings (SSSR count). The van der Waals surface area contributed by atoms with Crippen molar-refractivity contribution in [3.05, 3.63) is 77.0 Å². The van der Waals surface area contributed by atoms with Gasteiger partial charge in [0.25, 0.3) is 0 Å². The quantitative estimate of drug-likeness (QED) is 0.758. The van der Waals surface area contributed by atoms with Gasteiger partial charge < -0.3 is 19.0 Å². The fourth-order valence-electron chi connectivity index (χ4n) is 3.85. The van der Waals surface area contributed by atoms with Crippen molar-refractivity contribution in [2.75, 3.05) is 25.1 Å². The van der Waals surface area contributed by atoms with Crippen molar-refractivity contribution in [1.29, 1.82) is 0 Å². The van der Waals surface area contributed by atoms with Crippen molar-refractivity contribution >= 4 is 16.7 Å². The Bertz CT molecular complexity index is 1190.